The Morgan fingerprint density at radius 1 is 1.31 bits per heavy atom. The smallest absolute Gasteiger partial charge is 0.254 e. The van der Waals surface area contributed by atoms with Crippen molar-refractivity contribution in [3.05, 3.63) is 54.0 Å². The average Bonchev–Trinajstić information content (AvgIpc) is 3.31. The SMILES string of the molecule is CCn1c([C@@H]2CCN(C(=O)c3cccc(OC)c3)C2)nc2cccnc21. The number of carbonyl (C=O) groups is 1. The summed E-state index contributed by atoms with van der Waals surface area (Å²) >= 11 is 0. The van der Waals surface area contributed by atoms with Gasteiger partial charge in [0.2, 0.25) is 0 Å². The van der Waals surface area contributed by atoms with Crippen LogP contribution in [-0.4, -0.2) is 45.5 Å². The first-order valence-electron chi connectivity index (χ1n) is 8.95. The molecule has 3 aromatic rings. The lowest BCUT2D eigenvalue weighted by molar-refractivity contribution is 0.0790. The third-order valence-electron chi connectivity index (χ3n) is 5.01. The van der Waals surface area contributed by atoms with Gasteiger partial charge in [-0.1, -0.05) is 6.07 Å². The lowest BCUT2D eigenvalue weighted by Crippen LogP contribution is -2.28. The molecule has 0 N–H and O–H groups in total. The third kappa shape index (κ3) is 2.81. The summed E-state index contributed by atoms with van der Waals surface area (Å²) in [7, 11) is 1.61. The van der Waals surface area contributed by atoms with E-state index in [4.69, 9.17) is 9.72 Å². The van der Waals surface area contributed by atoms with E-state index in [0.717, 1.165) is 36.5 Å². The molecule has 0 spiro atoms. The van der Waals surface area contributed by atoms with Gasteiger partial charge < -0.3 is 14.2 Å². The number of rotatable bonds is 4. The summed E-state index contributed by atoms with van der Waals surface area (Å²) in [6.45, 7) is 4.34. The van der Waals surface area contributed by atoms with E-state index in [-0.39, 0.29) is 11.8 Å². The van der Waals surface area contributed by atoms with Gasteiger partial charge in [-0.2, -0.15) is 0 Å². The van der Waals surface area contributed by atoms with Gasteiger partial charge in [0.15, 0.2) is 5.65 Å². The molecule has 1 aliphatic rings. The molecule has 0 radical (unpaired) electrons. The number of aryl methyl sites for hydroxylation is 1. The number of pyridine rings is 1. The number of hydrogen-bond donors (Lipinski definition) is 0. The molecule has 6 heteroatoms. The molecule has 6 nitrogen and oxygen atoms in total. The van der Waals surface area contributed by atoms with Crippen LogP contribution in [-0.2, 0) is 6.54 Å². The molecule has 134 valence electrons. The van der Waals surface area contributed by atoms with Crippen LogP contribution in [0.25, 0.3) is 11.2 Å². The Labute approximate surface area is 152 Å². The van der Waals surface area contributed by atoms with Crippen molar-refractivity contribution in [2.45, 2.75) is 25.8 Å². The number of nitrogens with zero attached hydrogens (tertiary/aromatic N) is 4. The molecule has 2 aromatic heterocycles. The Morgan fingerprint density at radius 2 is 2.19 bits per heavy atom. The van der Waals surface area contributed by atoms with Crippen LogP contribution in [0.5, 0.6) is 5.75 Å². The van der Waals surface area contributed by atoms with Crippen LogP contribution in [0, 0.1) is 0 Å². The van der Waals surface area contributed by atoms with Crippen LogP contribution in [0.4, 0.5) is 0 Å². The molecule has 0 bridgehead atoms. The number of likely N-dealkylation sites (tertiary alicyclic amines) is 1. The fourth-order valence-electron chi connectivity index (χ4n) is 3.69. The van der Waals surface area contributed by atoms with Crippen molar-refractivity contribution in [2.75, 3.05) is 20.2 Å². The van der Waals surface area contributed by atoms with Gasteiger partial charge in [0, 0.05) is 37.3 Å². The Kier molecular flexibility index (Phi) is 4.32. The van der Waals surface area contributed by atoms with Gasteiger partial charge in [0.25, 0.3) is 5.91 Å². The molecule has 1 aliphatic heterocycles. The average molecular weight is 350 g/mol. The Balaban J connectivity index is 1.58. The van der Waals surface area contributed by atoms with E-state index in [0.29, 0.717) is 17.9 Å². The zero-order valence-electron chi connectivity index (χ0n) is 15.1. The van der Waals surface area contributed by atoms with Crippen molar-refractivity contribution >= 4 is 17.1 Å². The molecule has 1 amide bonds. The molecule has 4 rings (SSSR count). The first-order chi connectivity index (χ1) is 12.7. The van der Waals surface area contributed by atoms with Gasteiger partial charge in [-0.15, -0.1) is 0 Å². The third-order valence-corrected chi connectivity index (χ3v) is 5.01. The maximum atomic E-state index is 12.8. The highest BCUT2D eigenvalue weighted by Gasteiger charge is 2.31. The van der Waals surface area contributed by atoms with E-state index in [1.807, 2.05) is 35.2 Å². The maximum absolute atomic E-state index is 12.8. The quantitative estimate of drug-likeness (QED) is 0.725. The number of amides is 1. The highest BCUT2D eigenvalue weighted by Crippen LogP contribution is 2.30. The normalized spacial score (nSPS) is 17.0. The number of benzene rings is 1. The van der Waals surface area contributed by atoms with Crippen LogP contribution in [0.15, 0.2) is 42.6 Å². The maximum Gasteiger partial charge on any atom is 0.254 e. The van der Waals surface area contributed by atoms with E-state index in [1.54, 1.807) is 19.4 Å². The predicted molar refractivity (Wildman–Crippen MR) is 99.5 cm³/mol. The largest absolute Gasteiger partial charge is 0.497 e. The van der Waals surface area contributed by atoms with E-state index in [9.17, 15) is 4.79 Å². The van der Waals surface area contributed by atoms with Crippen molar-refractivity contribution < 1.29 is 9.53 Å². The molecule has 0 saturated carbocycles. The minimum atomic E-state index is 0.0451. The first-order valence-corrected chi connectivity index (χ1v) is 8.95. The fraction of sp³-hybridized carbons (Fsp3) is 0.350. The summed E-state index contributed by atoms with van der Waals surface area (Å²) in [5.41, 5.74) is 2.50. The molecule has 1 aromatic carbocycles. The summed E-state index contributed by atoms with van der Waals surface area (Å²) in [5.74, 6) is 2.01. The summed E-state index contributed by atoms with van der Waals surface area (Å²) in [6, 6.07) is 11.2. The number of aromatic nitrogens is 3. The Hall–Kier alpha value is -2.89. The standard InChI is InChI=1S/C20H22N4O2/c1-3-24-18(22-17-8-5-10-21-19(17)24)15-9-11-23(13-15)20(25)14-6-4-7-16(12-14)26-2/h4-8,10,12,15H,3,9,11,13H2,1-2H3/t15-/m1/s1. The van der Waals surface area contributed by atoms with Crippen LogP contribution in [0.2, 0.25) is 0 Å². The minimum absolute atomic E-state index is 0.0451. The van der Waals surface area contributed by atoms with Gasteiger partial charge in [-0.3, -0.25) is 4.79 Å². The summed E-state index contributed by atoms with van der Waals surface area (Å²) in [6.07, 6.45) is 2.71. The van der Waals surface area contributed by atoms with E-state index < -0.39 is 0 Å². The summed E-state index contributed by atoms with van der Waals surface area (Å²) < 4.78 is 7.40. The molecule has 1 fully saturated rings. The van der Waals surface area contributed by atoms with Gasteiger partial charge in [-0.05, 0) is 43.7 Å². The van der Waals surface area contributed by atoms with Gasteiger partial charge >= 0.3 is 0 Å². The second-order valence-corrected chi connectivity index (χ2v) is 6.53. The second-order valence-electron chi connectivity index (χ2n) is 6.53. The molecule has 1 atom stereocenters. The zero-order valence-corrected chi connectivity index (χ0v) is 15.1. The van der Waals surface area contributed by atoms with Crippen molar-refractivity contribution in [3.63, 3.8) is 0 Å². The number of imidazole rings is 1. The minimum Gasteiger partial charge on any atom is -0.497 e. The number of methoxy groups -OCH3 is 1. The van der Waals surface area contributed by atoms with Crippen molar-refractivity contribution in [1.82, 2.24) is 19.4 Å². The Morgan fingerprint density at radius 3 is 3.00 bits per heavy atom. The fourth-order valence-corrected chi connectivity index (χ4v) is 3.69. The van der Waals surface area contributed by atoms with Crippen LogP contribution in [0.3, 0.4) is 0 Å². The molecule has 0 aliphatic carbocycles. The molecular weight excluding hydrogens is 328 g/mol. The van der Waals surface area contributed by atoms with Crippen molar-refractivity contribution in [1.29, 1.82) is 0 Å². The predicted octanol–water partition coefficient (Wildman–Crippen LogP) is 3.09. The topological polar surface area (TPSA) is 60.2 Å². The van der Waals surface area contributed by atoms with Gasteiger partial charge in [0.05, 0.1) is 7.11 Å². The molecule has 1 saturated heterocycles. The summed E-state index contributed by atoms with van der Waals surface area (Å²) in [5, 5.41) is 0. The van der Waals surface area contributed by atoms with E-state index >= 15 is 0 Å². The Bertz CT molecular complexity index is 950. The van der Waals surface area contributed by atoms with E-state index in [1.165, 1.54) is 0 Å². The number of carbonyl (C=O) groups excluding carboxylic acids is 1. The van der Waals surface area contributed by atoms with Crippen LogP contribution in [0.1, 0.15) is 35.4 Å². The zero-order chi connectivity index (χ0) is 18.1. The highest BCUT2D eigenvalue weighted by molar-refractivity contribution is 5.94. The second kappa shape index (κ2) is 6.78. The molecule has 3 heterocycles. The number of ether oxygens (including phenoxy) is 1. The van der Waals surface area contributed by atoms with Crippen LogP contribution < -0.4 is 4.74 Å². The summed E-state index contributed by atoms with van der Waals surface area (Å²) in [4.78, 5) is 24.0. The molecule has 26 heavy (non-hydrogen) atoms. The first kappa shape index (κ1) is 16.6. The highest BCUT2D eigenvalue weighted by atomic mass is 16.5. The van der Waals surface area contributed by atoms with Gasteiger partial charge in [-0.25, -0.2) is 9.97 Å². The van der Waals surface area contributed by atoms with E-state index in [2.05, 4.69) is 16.5 Å². The van der Waals surface area contributed by atoms with Crippen molar-refractivity contribution in [3.8, 4) is 5.75 Å². The van der Waals surface area contributed by atoms with Gasteiger partial charge in [0.1, 0.15) is 17.1 Å². The monoisotopic (exact) mass is 350 g/mol. The molecular formula is C20H22N4O2. The van der Waals surface area contributed by atoms with Crippen molar-refractivity contribution in [2.24, 2.45) is 0 Å². The number of fused-ring (bicyclic) bond motifs is 1. The molecule has 0 unspecified atom stereocenters. The lowest BCUT2D eigenvalue weighted by Gasteiger charge is -2.17. The number of hydrogen-bond acceptors (Lipinski definition) is 4. The lowest BCUT2D eigenvalue weighted by atomic mass is 10.1. The van der Waals surface area contributed by atoms with Crippen LogP contribution >= 0.6 is 0 Å².